The third kappa shape index (κ3) is 4.22. The van der Waals surface area contributed by atoms with Gasteiger partial charge in [-0.25, -0.2) is 0 Å². The van der Waals surface area contributed by atoms with E-state index in [-0.39, 0.29) is 17.4 Å². The second kappa shape index (κ2) is 7.65. The number of carbonyl (C=O) groups excluding carboxylic acids is 1. The molecule has 20 heavy (non-hydrogen) atoms. The highest BCUT2D eigenvalue weighted by Gasteiger charge is 2.28. The average molecular weight is 296 g/mol. The first kappa shape index (κ1) is 15.3. The summed E-state index contributed by atoms with van der Waals surface area (Å²) in [7, 11) is 0. The highest BCUT2D eigenvalue weighted by Crippen LogP contribution is 2.23. The predicted molar refractivity (Wildman–Crippen MR) is 80.7 cm³/mol. The molecule has 110 valence electrons. The summed E-state index contributed by atoms with van der Waals surface area (Å²) in [5, 5.41) is 0. The molecule has 1 saturated heterocycles. The Morgan fingerprint density at radius 2 is 2.00 bits per heavy atom. The number of ether oxygens (including phenoxy) is 1. The van der Waals surface area contributed by atoms with Crippen LogP contribution in [0.4, 0.5) is 0 Å². The molecule has 3 nitrogen and oxygen atoms in total. The van der Waals surface area contributed by atoms with Crippen molar-refractivity contribution in [1.82, 2.24) is 4.90 Å². The molecule has 0 saturated carbocycles. The summed E-state index contributed by atoms with van der Waals surface area (Å²) in [5.74, 6) is -0.00637. The van der Waals surface area contributed by atoms with E-state index in [2.05, 4.69) is 17.0 Å². The van der Waals surface area contributed by atoms with Crippen molar-refractivity contribution in [2.75, 3.05) is 19.7 Å². The van der Waals surface area contributed by atoms with Gasteiger partial charge in [0.15, 0.2) is 0 Å². The fourth-order valence-corrected chi connectivity index (χ4v) is 2.99. The number of hydrogen-bond donors (Lipinski definition) is 0. The number of likely N-dealkylation sites (tertiary alicyclic amines) is 1. The molecule has 4 heteroatoms. The van der Waals surface area contributed by atoms with E-state index >= 15 is 0 Å². The van der Waals surface area contributed by atoms with Crippen LogP contribution >= 0.6 is 11.6 Å². The van der Waals surface area contributed by atoms with Gasteiger partial charge in [-0.3, -0.25) is 9.69 Å². The maximum absolute atomic E-state index is 11.7. The van der Waals surface area contributed by atoms with Crippen molar-refractivity contribution in [3.05, 3.63) is 35.9 Å². The molecule has 1 aromatic carbocycles. The summed E-state index contributed by atoms with van der Waals surface area (Å²) in [6.45, 7) is 4.04. The second-order valence-electron chi connectivity index (χ2n) is 5.19. The van der Waals surface area contributed by atoms with Gasteiger partial charge < -0.3 is 4.74 Å². The van der Waals surface area contributed by atoms with E-state index in [1.165, 1.54) is 5.56 Å². The van der Waals surface area contributed by atoms with Gasteiger partial charge in [0.05, 0.1) is 18.0 Å². The lowest BCUT2D eigenvalue weighted by Crippen LogP contribution is -2.41. The number of halogens is 1. The van der Waals surface area contributed by atoms with Crippen LogP contribution < -0.4 is 0 Å². The Bertz CT molecular complexity index is 416. The summed E-state index contributed by atoms with van der Waals surface area (Å²) in [6.07, 6.45) is 2.53. The van der Waals surface area contributed by atoms with Crippen LogP contribution in [0.3, 0.4) is 0 Å². The van der Waals surface area contributed by atoms with Crippen molar-refractivity contribution in [1.29, 1.82) is 0 Å². The average Bonchev–Trinajstić information content (AvgIpc) is 2.48. The van der Waals surface area contributed by atoms with Crippen molar-refractivity contribution in [2.24, 2.45) is 5.92 Å². The number of rotatable bonds is 5. The van der Waals surface area contributed by atoms with Gasteiger partial charge in [-0.1, -0.05) is 30.3 Å². The van der Waals surface area contributed by atoms with Crippen LogP contribution in [0.2, 0.25) is 0 Å². The fraction of sp³-hybridized carbons (Fsp3) is 0.562. The minimum absolute atomic E-state index is 0.000505. The number of nitrogens with zero attached hydrogens (tertiary/aromatic N) is 1. The lowest BCUT2D eigenvalue weighted by atomic mass is 9.96. The van der Waals surface area contributed by atoms with Gasteiger partial charge in [0.25, 0.3) is 0 Å². The molecule has 0 bridgehead atoms. The second-order valence-corrected chi connectivity index (χ2v) is 5.69. The Labute approximate surface area is 125 Å². The topological polar surface area (TPSA) is 29.5 Å². The zero-order chi connectivity index (χ0) is 14.4. The Balaban J connectivity index is 1.80. The van der Waals surface area contributed by atoms with E-state index in [1.807, 2.05) is 25.1 Å². The van der Waals surface area contributed by atoms with Crippen LogP contribution in [0.1, 0.15) is 25.3 Å². The third-order valence-corrected chi connectivity index (χ3v) is 4.22. The Kier molecular flexibility index (Phi) is 5.86. The molecule has 1 unspecified atom stereocenters. The monoisotopic (exact) mass is 295 g/mol. The van der Waals surface area contributed by atoms with Crippen LogP contribution in [0.5, 0.6) is 0 Å². The quantitative estimate of drug-likeness (QED) is 0.475. The number of carbonyl (C=O) groups is 1. The van der Waals surface area contributed by atoms with Gasteiger partial charge in [0.2, 0.25) is 0 Å². The first-order chi connectivity index (χ1) is 9.70. The van der Waals surface area contributed by atoms with E-state index in [1.54, 1.807) is 0 Å². The first-order valence-corrected chi connectivity index (χ1v) is 7.73. The van der Waals surface area contributed by atoms with Crippen LogP contribution in [-0.2, 0) is 16.0 Å². The van der Waals surface area contributed by atoms with Gasteiger partial charge in [-0.2, -0.15) is 0 Å². The summed E-state index contributed by atoms with van der Waals surface area (Å²) in [6, 6.07) is 10.3. The number of benzene rings is 1. The largest absolute Gasteiger partial charge is 0.466 e. The van der Waals surface area contributed by atoms with Crippen LogP contribution in [0, 0.1) is 5.92 Å². The summed E-state index contributed by atoms with van der Waals surface area (Å²) < 4.78 is 5.08. The Hall–Kier alpha value is -1.06. The summed E-state index contributed by atoms with van der Waals surface area (Å²) >= 11 is 6.49. The van der Waals surface area contributed by atoms with Crippen LogP contribution in [0.25, 0.3) is 0 Å². The van der Waals surface area contributed by atoms with E-state index in [0.717, 1.165) is 32.4 Å². The molecule has 1 heterocycles. The molecule has 2 rings (SSSR count). The van der Waals surface area contributed by atoms with Crippen molar-refractivity contribution >= 4 is 17.6 Å². The van der Waals surface area contributed by atoms with Gasteiger partial charge >= 0.3 is 5.97 Å². The molecule has 0 radical (unpaired) electrons. The minimum atomic E-state index is -0.0543. The van der Waals surface area contributed by atoms with E-state index in [9.17, 15) is 4.79 Å². The maximum Gasteiger partial charge on any atom is 0.309 e. The zero-order valence-electron chi connectivity index (χ0n) is 11.9. The molecule has 1 aliphatic heterocycles. The Morgan fingerprint density at radius 1 is 1.35 bits per heavy atom. The molecule has 1 fully saturated rings. The molecule has 0 aliphatic carbocycles. The highest BCUT2D eigenvalue weighted by atomic mass is 35.5. The predicted octanol–water partition coefficient (Wildman–Crippen LogP) is 3.07. The van der Waals surface area contributed by atoms with Gasteiger partial charge in [0.1, 0.15) is 0 Å². The molecule has 0 spiro atoms. The maximum atomic E-state index is 11.7. The zero-order valence-corrected chi connectivity index (χ0v) is 12.7. The fourth-order valence-electron chi connectivity index (χ4n) is 2.61. The standard InChI is InChI=1S/C16H22ClNO2/c1-2-20-16(19)14-8-10-18(11-9-14)15(17)12-13-6-4-3-5-7-13/h3-7,14-15H,2,8-12H2,1H3. The van der Waals surface area contributed by atoms with Gasteiger partial charge in [0, 0.05) is 19.5 Å². The lowest BCUT2D eigenvalue weighted by Gasteiger charge is -2.34. The van der Waals surface area contributed by atoms with E-state index < -0.39 is 0 Å². The number of alkyl halides is 1. The molecule has 1 aliphatic rings. The highest BCUT2D eigenvalue weighted by molar-refractivity contribution is 6.20. The van der Waals surface area contributed by atoms with Crippen LogP contribution in [0.15, 0.2) is 30.3 Å². The molecule has 0 amide bonds. The lowest BCUT2D eigenvalue weighted by molar-refractivity contribution is -0.149. The molecule has 1 atom stereocenters. The smallest absolute Gasteiger partial charge is 0.309 e. The first-order valence-electron chi connectivity index (χ1n) is 7.29. The molecule has 1 aromatic rings. The van der Waals surface area contributed by atoms with Gasteiger partial charge in [-0.05, 0) is 25.3 Å². The summed E-state index contributed by atoms with van der Waals surface area (Å²) in [4.78, 5) is 13.9. The van der Waals surface area contributed by atoms with Crippen molar-refractivity contribution in [2.45, 2.75) is 31.7 Å². The van der Waals surface area contributed by atoms with Crippen molar-refractivity contribution in [3.63, 3.8) is 0 Å². The number of piperidine rings is 1. The Morgan fingerprint density at radius 3 is 2.60 bits per heavy atom. The molecule has 0 aromatic heterocycles. The molecule has 0 N–H and O–H groups in total. The van der Waals surface area contributed by atoms with Crippen molar-refractivity contribution in [3.8, 4) is 0 Å². The van der Waals surface area contributed by atoms with Gasteiger partial charge in [-0.15, -0.1) is 11.6 Å². The number of hydrogen-bond acceptors (Lipinski definition) is 3. The summed E-state index contributed by atoms with van der Waals surface area (Å²) in [5.41, 5.74) is 1.25. The minimum Gasteiger partial charge on any atom is -0.466 e. The van der Waals surface area contributed by atoms with E-state index in [4.69, 9.17) is 16.3 Å². The van der Waals surface area contributed by atoms with E-state index in [0.29, 0.717) is 6.61 Å². The van der Waals surface area contributed by atoms with Crippen LogP contribution in [-0.4, -0.2) is 36.1 Å². The molecular formula is C16H22ClNO2. The molecular weight excluding hydrogens is 274 g/mol. The van der Waals surface area contributed by atoms with Crippen molar-refractivity contribution < 1.29 is 9.53 Å². The number of esters is 1. The normalized spacial score (nSPS) is 18.7. The third-order valence-electron chi connectivity index (χ3n) is 3.79. The SMILES string of the molecule is CCOC(=O)C1CCN(C(Cl)Cc2ccccc2)CC1.